The third-order valence-corrected chi connectivity index (χ3v) is 2.97. The Labute approximate surface area is 89.9 Å². The van der Waals surface area contributed by atoms with Crippen LogP contribution in [0, 0.1) is 6.92 Å². The van der Waals surface area contributed by atoms with Crippen LogP contribution in [0.5, 0.6) is 0 Å². The minimum atomic E-state index is -0.191. The highest BCUT2D eigenvalue weighted by Gasteiger charge is 2.25. The van der Waals surface area contributed by atoms with Gasteiger partial charge in [0.25, 0.3) is 0 Å². The molecule has 1 aromatic carbocycles. The van der Waals surface area contributed by atoms with Gasteiger partial charge in [0.15, 0.2) is 0 Å². The van der Waals surface area contributed by atoms with Crippen molar-refractivity contribution in [3.63, 3.8) is 0 Å². The lowest BCUT2D eigenvalue weighted by Crippen LogP contribution is -2.22. The van der Waals surface area contributed by atoms with E-state index in [2.05, 4.69) is 37.9 Å². The highest BCUT2D eigenvalue weighted by atomic mass is 16.3. The molecule has 1 aromatic heterocycles. The van der Waals surface area contributed by atoms with Crippen LogP contribution in [0.15, 0.2) is 24.3 Å². The molecule has 1 heterocycles. The van der Waals surface area contributed by atoms with Crippen molar-refractivity contribution in [2.45, 2.75) is 26.2 Å². The Balaban J connectivity index is 2.74. The average Bonchev–Trinajstić information content (AvgIpc) is 2.54. The molecule has 0 unspecified atom stereocenters. The van der Waals surface area contributed by atoms with Crippen molar-refractivity contribution < 1.29 is 5.11 Å². The Morgan fingerprint density at radius 2 is 1.93 bits per heavy atom. The smallest absolute Gasteiger partial charge is 0.0523 e. The van der Waals surface area contributed by atoms with Crippen molar-refractivity contribution in [1.82, 2.24) is 4.98 Å². The van der Waals surface area contributed by atoms with Crippen LogP contribution in [0.2, 0.25) is 0 Å². The summed E-state index contributed by atoms with van der Waals surface area (Å²) in [4.78, 5) is 3.36. The normalized spacial score (nSPS) is 12.3. The van der Waals surface area contributed by atoms with Gasteiger partial charge in [0, 0.05) is 22.0 Å². The number of benzene rings is 1. The van der Waals surface area contributed by atoms with Gasteiger partial charge in [-0.2, -0.15) is 0 Å². The first-order valence-electron chi connectivity index (χ1n) is 5.25. The maximum atomic E-state index is 9.44. The number of para-hydroxylation sites is 1. The number of hydrogen-bond donors (Lipinski definition) is 2. The number of aromatic amines is 1. The molecular weight excluding hydrogens is 186 g/mol. The Bertz CT molecular complexity index is 482. The first-order chi connectivity index (χ1) is 7.06. The molecule has 2 aromatic rings. The van der Waals surface area contributed by atoms with E-state index in [1.165, 1.54) is 10.9 Å². The topological polar surface area (TPSA) is 36.0 Å². The molecule has 0 atom stereocenters. The first-order valence-corrected chi connectivity index (χ1v) is 5.25. The summed E-state index contributed by atoms with van der Waals surface area (Å²) in [6, 6.07) is 8.23. The van der Waals surface area contributed by atoms with Crippen LogP contribution >= 0.6 is 0 Å². The molecule has 0 bridgehead atoms. The molecule has 0 aliphatic carbocycles. The average molecular weight is 203 g/mol. The largest absolute Gasteiger partial charge is 0.395 e. The van der Waals surface area contributed by atoms with Crippen molar-refractivity contribution in [1.29, 1.82) is 0 Å². The van der Waals surface area contributed by atoms with Crippen LogP contribution in [-0.4, -0.2) is 16.7 Å². The monoisotopic (exact) mass is 203 g/mol. The number of hydrogen-bond acceptors (Lipinski definition) is 1. The van der Waals surface area contributed by atoms with Crippen LogP contribution in [0.3, 0.4) is 0 Å². The van der Waals surface area contributed by atoms with Gasteiger partial charge in [-0.3, -0.25) is 0 Å². The molecule has 0 amide bonds. The summed E-state index contributed by atoms with van der Waals surface area (Å²) in [7, 11) is 0. The molecule has 0 fully saturated rings. The van der Waals surface area contributed by atoms with Crippen LogP contribution in [0.4, 0.5) is 0 Å². The van der Waals surface area contributed by atoms with Crippen molar-refractivity contribution >= 4 is 10.9 Å². The van der Waals surface area contributed by atoms with Gasteiger partial charge < -0.3 is 10.1 Å². The summed E-state index contributed by atoms with van der Waals surface area (Å²) >= 11 is 0. The molecule has 0 saturated carbocycles. The summed E-state index contributed by atoms with van der Waals surface area (Å²) in [5.41, 5.74) is 3.33. The highest BCUT2D eigenvalue weighted by molar-refractivity contribution is 5.85. The van der Waals surface area contributed by atoms with Crippen molar-refractivity contribution in [2.75, 3.05) is 6.61 Å². The molecule has 80 valence electrons. The van der Waals surface area contributed by atoms with E-state index < -0.39 is 0 Å². The predicted molar refractivity (Wildman–Crippen MR) is 63.1 cm³/mol. The molecule has 0 radical (unpaired) electrons. The summed E-state index contributed by atoms with van der Waals surface area (Å²) in [5, 5.41) is 10.7. The Hall–Kier alpha value is -1.28. The van der Waals surface area contributed by atoms with E-state index in [0.29, 0.717) is 0 Å². The lowest BCUT2D eigenvalue weighted by atomic mass is 9.83. The SMILES string of the molecule is Cc1[nH]c2ccccc2c1C(C)(C)CO. The van der Waals surface area contributed by atoms with E-state index in [4.69, 9.17) is 0 Å². The third kappa shape index (κ3) is 1.55. The molecule has 2 rings (SSSR count). The fourth-order valence-electron chi connectivity index (χ4n) is 2.23. The zero-order chi connectivity index (χ0) is 11.1. The number of H-pyrrole nitrogens is 1. The number of aliphatic hydroxyl groups is 1. The second-order valence-electron chi connectivity index (χ2n) is 4.71. The minimum absolute atomic E-state index is 0.162. The van der Waals surface area contributed by atoms with E-state index in [-0.39, 0.29) is 12.0 Å². The molecule has 0 saturated heterocycles. The van der Waals surface area contributed by atoms with Crippen molar-refractivity contribution in [2.24, 2.45) is 0 Å². The molecule has 2 N–H and O–H groups in total. The Morgan fingerprint density at radius 1 is 1.27 bits per heavy atom. The lowest BCUT2D eigenvalue weighted by Gasteiger charge is -2.22. The van der Waals surface area contributed by atoms with E-state index in [9.17, 15) is 5.11 Å². The maximum Gasteiger partial charge on any atom is 0.0523 e. The minimum Gasteiger partial charge on any atom is -0.395 e. The van der Waals surface area contributed by atoms with Crippen LogP contribution in [-0.2, 0) is 5.41 Å². The van der Waals surface area contributed by atoms with Gasteiger partial charge in [-0.05, 0) is 18.6 Å². The molecule has 2 nitrogen and oxygen atoms in total. The van der Waals surface area contributed by atoms with Crippen LogP contribution < -0.4 is 0 Å². The van der Waals surface area contributed by atoms with Crippen LogP contribution in [0.25, 0.3) is 10.9 Å². The first kappa shape index (κ1) is 10.2. The zero-order valence-corrected chi connectivity index (χ0v) is 9.46. The third-order valence-electron chi connectivity index (χ3n) is 2.97. The van der Waals surface area contributed by atoms with Gasteiger partial charge in [-0.1, -0.05) is 32.0 Å². The van der Waals surface area contributed by atoms with E-state index >= 15 is 0 Å². The Kier molecular flexibility index (Phi) is 2.31. The number of aryl methyl sites for hydroxylation is 1. The molecule has 0 aliphatic rings. The maximum absolute atomic E-state index is 9.44. The number of rotatable bonds is 2. The van der Waals surface area contributed by atoms with Gasteiger partial charge in [0.05, 0.1) is 6.61 Å². The fourth-order valence-corrected chi connectivity index (χ4v) is 2.23. The summed E-state index contributed by atoms with van der Waals surface area (Å²) in [6.07, 6.45) is 0. The second kappa shape index (κ2) is 3.38. The Morgan fingerprint density at radius 3 is 2.60 bits per heavy atom. The standard InChI is InChI=1S/C13H17NO/c1-9-12(13(2,3)8-15)10-6-4-5-7-11(10)14-9/h4-7,14-15H,8H2,1-3H3. The van der Waals surface area contributed by atoms with E-state index in [1.807, 2.05) is 12.1 Å². The van der Waals surface area contributed by atoms with Crippen molar-refractivity contribution in [3.8, 4) is 0 Å². The second-order valence-corrected chi connectivity index (χ2v) is 4.71. The predicted octanol–water partition coefficient (Wildman–Crippen LogP) is 2.75. The highest BCUT2D eigenvalue weighted by Crippen LogP contribution is 2.32. The molecule has 0 spiro atoms. The number of fused-ring (bicyclic) bond motifs is 1. The van der Waals surface area contributed by atoms with Gasteiger partial charge in [0.1, 0.15) is 0 Å². The molecule has 0 aliphatic heterocycles. The zero-order valence-electron chi connectivity index (χ0n) is 9.46. The summed E-state index contributed by atoms with van der Waals surface area (Å²) in [6.45, 7) is 6.35. The van der Waals surface area contributed by atoms with Crippen LogP contribution in [0.1, 0.15) is 25.1 Å². The molecule has 15 heavy (non-hydrogen) atoms. The van der Waals surface area contributed by atoms with Gasteiger partial charge in [0.2, 0.25) is 0 Å². The molecular formula is C13H17NO. The lowest BCUT2D eigenvalue weighted by molar-refractivity contribution is 0.219. The quantitative estimate of drug-likeness (QED) is 0.773. The van der Waals surface area contributed by atoms with Gasteiger partial charge >= 0.3 is 0 Å². The van der Waals surface area contributed by atoms with E-state index in [1.54, 1.807) is 0 Å². The number of aliphatic hydroxyl groups excluding tert-OH is 1. The van der Waals surface area contributed by atoms with Crippen molar-refractivity contribution in [3.05, 3.63) is 35.5 Å². The summed E-state index contributed by atoms with van der Waals surface area (Å²) in [5.74, 6) is 0. The fraction of sp³-hybridized carbons (Fsp3) is 0.385. The molecule has 2 heteroatoms. The van der Waals surface area contributed by atoms with Gasteiger partial charge in [-0.15, -0.1) is 0 Å². The number of aromatic nitrogens is 1. The van der Waals surface area contributed by atoms with E-state index in [0.717, 1.165) is 11.2 Å². The number of nitrogens with one attached hydrogen (secondary N) is 1. The van der Waals surface area contributed by atoms with Gasteiger partial charge in [-0.25, -0.2) is 0 Å². The summed E-state index contributed by atoms with van der Waals surface area (Å²) < 4.78 is 0.